The van der Waals surface area contributed by atoms with Crippen LogP contribution in [0.5, 0.6) is 0 Å². The Kier molecular flexibility index (Phi) is 5.05. The number of rotatable bonds is 2. The summed E-state index contributed by atoms with van der Waals surface area (Å²) in [6.45, 7) is 8.33. The first-order valence-electron chi connectivity index (χ1n) is 10.0. The Hall–Kier alpha value is -3.58. The Morgan fingerprint density at radius 3 is 1.43 bits per heavy atom. The minimum Gasteiger partial charge on any atom is -0.422 e. The Morgan fingerprint density at radius 2 is 1.07 bits per heavy atom. The van der Waals surface area contributed by atoms with E-state index in [4.69, 9.17) is 8.83 Å². The van der Waals surface area contributed by atoms with Crippen LogP contribution in [0, 0.1) is 11.8 Å². The first kappa shape index (κ1) is 19.7. The number of hydrogen-bond acceptors (Lipinski definition) is 4. The van der Waals surface area contributed by atoms with Crippen molar-refractivity contribution in [3.8, 4) is 34.5 Å². The SMILES string of the molecule is CC(C)c1cccc2oc(=O)c(C#Cc3c4cc(C(C)C)cccc-4oc3=O)c-2c1. The van der Waals surface area contributed by atoms with Gasteiger partial charge >= 0.3 is 11.3 Å². The Bertz CT molecular complexity index is 1240. The zero-order valence-corrected chi connectivity index (χ0v) is 17.4. The van der Waals surface area contributed by atoms with Crippen LogP contribution in [0.4, 0.5) is 0 Å². The summed E-state index contributed by atoms with van der Waals surface area (Å²) >= 11 is 0. The molecule has 0 bridgehead atoms. The maximum Gasteiger partial charge on any atom is 0.352 e. The summed E-state index contributed by atoms with van der Waals surface area (Å²) in [7, 11) is 0. The lowest BCUT2D eigenvalue weighted by atomic mass is 10.0. The fourth-order valence-corrected chi connectivity index (χ4v) is 3.42. The molecule has 0 aromatic carbocycles. The van der Waals surface area contributed by atoms with Crippen LogP contribution < -0.4 is 11.3 Å². The van der Waals surface area contributed by atoms with Crippen molar-refractivity contribution in [1.29, 1.82) is 0 Å². The van der Waals surface area contributed by atoms with Gasteiger partial charge in [-0.2, -0.15) is 0 Å². The molecule has 0 unspecified atom stereocenters. The van der Waals surface area contributed by atoms with Crippen molar-refractivity contribution >= 4 is 0 Å². The standard InChI is InChI=1S/C26H22O4/c1-15(2)17-7-5-9-23-21(13-17)19(25(27)29-23)11-12-20-22-14-18(16(3)4)8-6-10-24(22)30-26(20)28/h5-10,13-16H,1-4H3. The third-order valence-corrected chi connectivity index (χ3v) is 5.22. The molecule has 0 aromatic rings. The molecule has 4 rings (SSSR count). The van der Waals surface area contributed by atoms with E-state index in [1.807, 2.05) is 36.4 Å². The van der Waals surface area contributed by atoms with Crippen LogP contribution >= 0.6 is 0 Å². The molecule has 0 fully saturated rings. The molecule has 0 radical (unpaired) electrons. The molecule has 0 aromatic heterocycles. The second kappa shape index (κ2) is 7.68. The normalized spacial score (nSPS) is 11.3. The predicted octanol–water partition coefficient (Wildman–Crippen LogP) is 5.45. The highest BCUT2D eigenvalue weighted by Gasteiger charge is 2.19. The molecule has 4 heteroatoms. The molecule has 30 heavy (non-hydrogen) atoms. The van der Waals surface area contributed by atoms with Crippen LogP contribution in [0.3, 0.4) is 0 Å². The zero-order chi connectivity index (χ0) is 21.4. The van der Waals surface area contributed by atoms with E-state index in [9.17, 15) is 9.59 Å². The molecule has 0 N–H and O–H groups in total. The third kappa shape index (κ3) is 3.55. The molecule has 4 nitrogen and oxygen atoms in total. The van der Waals surface area contributed by atoms with Crippen LogP contribution in [0.2, 0.25) is 0 Å². The molecule has 0 saturated heterocycles. The van der Waals surface area contributed by atoms with Crippen molar-refractivity contribution in [2.75, 3.05) is 0 Å². The van der Waals surface area contributed by atoms with Gasteiger partial charge in [0.15, 0.2) is 0 Å². The van der Waals surface area contributed by atoms with Gasteiger partial charge in [0.1, 0.15) is 22.6 Å². The summed E-state index contributed by atoms with van der Waals surface area (Å²) in [5.41, 5.74) is 2.92. The molecule has 0 saturated carbocycles. The lowest BCUT2D eigenvalue weighted by molar-refractivity contribution is 0.543. The second-order valence-electron chi connectivity index (χ2n) is 7.98. The minimum atomic E-state index is -0.507. The van der Waals surface area contributed by atoms with Crippen LogP contribution in [0.25, 0.3) is 22.6 Å². The van der Waals surface area contributed by atoms with Crippen molar-refractivity contribution in [2.24, 2.45) is 0 Å². The molecule has 2 aliphatic heterocycles. The largest absolute Gasteiger partial charge is 0.422 e. The zero-order valence-electron chi connectivity index (χ0n) is 17.4. The summed E-state index contributed by atoms with van der Waals surface area (Å²) < 4.78 is 10.8. The van der Waals surface area contributed by atoms with E-state index in [-0.39, 0.29) is 23.0 Å². The van der Waals surface area contributed by atoms with Gasteiger partial charge in [0.05, 0.1) is 0 Å². The summed E-state index contributed by atoms with van der Waals surface area (Å²) in [5.74, 6) is 7.31. The summed E-state index contributed by atoms with van der Waals surface area (Å²) in [4.78, 5) is 24.9. The maximum absolute atomic E-state index is 12.5. The lowest BCUT2D eigenvalue weighted by Crippen LogP contribution is -1.99. The summed E-state index contributed by atoms with van der Waals surface area (Å²) in [5, 5.41) is 0. The number of fused-ring (bicyclic) bond motifs is 2. The van der Waals surface area contributed by atoms with Crippen molar-refractivity contribution in [3.05, 3.63) is 91.6 Å². The Labute approximate surface area is 174 Å². The van der Waals surface area contributed by atoms with E-state index in [1.165, 1.54) is 0 Å². The van der Waals surface area contributed by atoms with E-state index < -0.39 is 11.3 Å². The number of hydrogen-bond donors (Lipinski definition) is 0. The van der Waals surface area contributed by atoms with Gasteiger partial charge in [-0.15, -0.1) is 0 Å². The summed E-state index contributed by atoms with van der Waals surface area (Å²) in [6, 6.07) is 15.1. The highest BCUT2D eigenvalue weighted by Crippen LogP contribution is 2.29. The van der Waals surface area contributed by atoms with Crippen LogP contribution in [0.15, 0.2) is 67.0 Å². The van der Waals surface area contributed by atoms with Crippen LogP contribution in [-0.4, -0.2) is 0 Å². The van der Waals surface area contributed by atoms with Gasteiger partial charge in [0, 0.05) is 11.1 Å². The van der Waals surface area contributed by atoms with Crippen molar-refractivity contribution in [2.45, 2.75) is 39.5 Å². The Balaban J connectivity index is 1.90. The molecular weight excluding hydrogens is 376 g/mol. The minimum absolute atomic E-state index is 0.251. The van der Waals surface area contributed by atoms with E-state index in [1.54, 1.807) is 12.1 Å². The molecule has 2 heterocycles. The third-order valence-electron chi connectivity index (χ3n) is 5.22. The second-order valence-corrected chi connectivity index (χ2v) is 7.98. The number of furan rings is 2. The van der Waals surface area contributed by atoms with Crippen molar-refractivity contribution < 1.29 is 8.83 Å². The summed E-state index contributed by atoms with van der Waals surface area (Å²) in [6.07, 6.45) is 0. The molecule has 150 valence electrons. The molecule has 0 atom stereocenters. The Morgan fingerprint density at radius 1 is 0.667 bits per heavy atom. The van der Waals surface area contributed by atoms with Gasteiger partial charge in [0.25, 0.3) is 0 Å². The van der Waals surface area contributed by atoms with Gasteiger partial charge in [-0.3, -0.25) is 0 Å². The predicted molar refractivity (Wildman–Crippen MR) is 117 cm³/mol. The van der Waals surface area contributed by atoms with Gasteiger partial charge in [-0.1, -0.05) is 63.8 Å². The fraction of sp³-hybridized carbons (Fsp3) is 0.231. The molecule has 0 spiro atoms. The van der Waals surface area contributed by atoms with Crippen molar-refractivity contribution in [1.82, 2.24) is 0 Å². The van der Waals surface area contributed by atoms with E-state index >= 15 is 0 Å². The molecule has 2 aliphatic carbocycles. The molecular formula is C26H22O4. The maximum atomic E-state index is 12.5. The van der Waals surface area contributed by atoms with E-state index in [0.717, 1.165) is 11.1 Å². The van der Waals surface area contributed by atoms with Crippen molar-refractivity contribution in [3.63, 3.8) is 0 Å². The quantitative estimate of drug-likeness (QED) is 0.421. The van der Waals surface area contributed by atoms with E-state index in [0.29, 0.717) is 22.6 Å². The van der Waals surface area contributed by atoms with E-state index in [2.05, 4.69) is 39.5 Å². The average molecular weight is 398 g/mol. The average Bonchev–Trinajstić information content (AvgIpc) is 2.95. The van der Waals surface area contributed by atoms with Crippen LogP contribution in [-0.2, 0) is 0 Å². The monoisotopic (exact) mass is 398 g/mol. The molecule has 4 aliphatic rings. The first-order chi connectivity index (χ1) is 14.3. The first-order valence-corrected chi connectivity index (χ1v) is 10.0. The lowest BCUT2D eigenvalue weighted by Gasteiger charge is -2.01. The van der Waals surface area contributed by atoms with Gasteiger partial charge in [0.2, 0.25) is 0 Å². The van der Waals surface area contributed by atoms with Gasteiger partial charge < -0.3 is 8.83 Å². The van der Waals surface area contributed by atoms with Gasteiger partial charge in [-0.05, 0) is 47.2 Å². The fourth-order valence-electron chi connectivity index (χ4n) is 3.42. The molecule has 0 amide bonds. The van der Waals surface area contributed by atoms with Crippen LogP contribution in [0.1, 0.15) is 61.8 Å². The smallest absolute Gasteiger partial charge is 0.352 e. The topological polar surface area (TPSA) is 60.4 Å². The van der Waals surface area contributed by atoms with Gasteiger partial charge in [-0.25, -0.2) is 9.59 Å². The highest BCUT2D eigenvalue weighted by atomic mass is 16.4. The highest BCUT2D eigenvalue weighted by molar-refractivity contribution is 5.72.